The molecule has 2 aromatic heterocycles. The maximum absolute atomic E-state index is 13.4. The minimum absolute atomic E-state index is 0.0211. The van der Waals surface area contributed by atoms with E-state index in [2.05, 4.69) is 15.6 Å². The first-order valence-corrected chi connectivity index (χ1v) is 11.9. The van der Waals surface area contributed by atoms with E-state index in [0.29, 0.717) is 31.9 Å². The number of hydrogen-bond acceptors (Lipinski definition) is 5. The number of carbonyl (C=O) groups is 3. The molecular formula is C24H34N6O3. The van der Waals surface area contributed by atoms with Crippen LogP contribution in [0.1, 0.15) is 42.6 Å². The second-order valence-corrected chi connectivity index (χ2v) is 9.10. The normalized spacial score (nSPS) is 18.4. The lowest BCUT2D eigenvalue weighted by molar-refractivity contribution is -0.139. The summed E-state index contributed by atoms with van der Waals surface area (Å²) >= 11 is 0. The number of nitrogens with one attached hydrogen (secondary N) is 2. The number of piperazine rings is 1. The Labute approximate surface area is 194 Å². The number of pyridine rings is 1. The number of carbonyl (C=O) groups excluding carboxylic acids is 3. The zero-order valence-electron chi connectivity index (χ0n) is 19.5. The Morgan fingerprint density at radius 1 is 1.09 bits per heavy atom. The van der Waals surface area contributed by atoms with E-state index >= 15 is 0 Å². The Hall–Kier alpha value is -2.94. The van der Waals surface area contributed by atoms with Crippen molar-refractivity contribution < 1.29 is 14.4 Å². The largest absolute Gasteiger partial charge is 0.343 e. The van der Waals surface area contributed by atoms with E-state index < -0.39 is 6.04 Å². The van der Waals surface area contributed by atoms with Gasteiger partial charge in [0.15, 0.2) is 0 Å². The van der Waals surface area contributed by atoms with Crippen LogP contribution in [-0.4, -0.2) is 82.9 Å². The second kappa shape index (κ2) is 10.3. The van der Waals surface area contributed by atoms with Crippen LogP contribution in [0.3, 0.4) is 0 Å². The molecule has 9 nitrogen and oxygen atoms in total. The topological polar surface area (TPSA) is 99.6 Å². The molecule has 3 heterocycles. The summed E-state index contributed by atoms with van der Waals surface area (Å²) in [5.74, 6) is -0.0457. The fraction of sp³-hybridized carbons (Fsp3) is 0.583. The van der Waals surface area contributed by atoms with Gasteiger partial charge in [-0.05, 0) is 44.0 Å². The van der Waals surface area contributed by atoms with E-state index in [1.807, 2.05) is 34.7 Å². The van der Waals surface area contributed by atoms with E-state index in [9.17, 15) is 14.4 Å². The lowest BCUT2D eigenvalue weighted by atomic mass is 9.83. The van der Waals surface area contributed by atoms with Gasteiger partial charge in [-0.25, -0.2) is 4.98 Å². The second-order valence-electron chi connectivity index (χ2n) is 9.10. The number of fused-ring (bicyclic) bond motifs is 1. The van der Waals surface area contributed by atoms with Gasteiger partial charge in [-0.15, -0.1) is 0 Å². The Bertz CT molecular complexity index is 1000. The van der Waals surface area contributed by atoms with E-state index in [4.69, 9.17) is 0 Å². The maximum atomic E-state index is 13.4. The predicted octanol–water partition coefficient (Wildman–Crippen LogP) is 1.14. The molecule has 2 aromatic rings. The zero-order chi connectivity index (χ0) is 23.4. The van der Waals surface area contributed by atoms with Crippen molar-refractivity contribution >= 4 is 28.8 Å². The van der Waals surface area contributed by atoms with Crippen LogP contribution in [-0.2, 0) is 16.6 Å². The average molecular weight is 455 g/mol. The summed E-state index contributed by atoms with van der Waals surface area (Å²) in [7, 11) is 3.57. The molecule has 1 saturated heterocycles. The van der Waals surface area contributed by atoms with E-state index in [-0.39, 0.29) is 30.2 Å². The van der Waals surface area contributed by atoms with Crippen LogP contribution in [0.25, 0.3) is 11.0 Å². The summed E-state index contributed by atoms with van der Waals surface area (Å²) < 4.78 is 1.82. The Balaban J connectivity index is 1.41. The number of aryl methyl sites for hydroxylation is 1. The first-order chi connectivity index (χ1) is 16.0. The molecule has 1 aliphatic carbocycles. The van der Waals surface area contributed by atoms with Gasteiger partial charge in [-0.2, -0.15) is 0 Å². The average Bonchev–Trinajstić information content (AvgIpc) is 3.19. The molecule has 2 fully saturated rings. The molecule has 33 heavy (non-hydrogen) atoms. The van der Waals surface area contributed by atoms with Crippen molar-refractivity contribution in [3.63, 3.8) is 0 Å². The maximum Gasteiger partial charge on any atom is 0.270 e. The summed E-state index contributed by atoms with van der Waals surface area (Å²) in [6.07, 6.45) is 7.02. The predicted molar refractivity (Wildman–Crippen MR) is 126 cm³/mol. The highest BCUT2D eigenvalue weighted by atomic mass is 16.2. The summed E-state index contributed by atoms with van der Waals surface area (Å²) in [5, 5.41) is 6.77. The Morgan fingerprint density at radius 3 is 2.45 bits per heavy atom. The monoisotopic (exact) mass is 454 g/mol. The molecule has 1 atom stereocenters. The molecule has 1 saturated carbocycles. The summed E-state index contributed by atoms with van der Waals surface area (Å²) in [4.78, 5) is 46.9. The third kappa shape index (κ3) is 5.03. The number of amides is 3. The van der Waals surface area contributed by atoms with Gasteiger partial charge in [0.05, 0.1) is 6.54 Å². The molecule has 2 aliphatic rings. The van der Waals surface area contributed by atoms with E-state index in [0.717, 1.165) is 36.7 Å². The van der Waals surface area contributed by atoms with Crippen molar-refractivity contribution in [2.24, 2.45) is 13.0 Å². The molecule has 1 aliphatic heterocycles. The molecule has 9 heteroatoms. The molecule has 0 spiro atoms. The number of hydrogen-bond donors (Lipinski definition) is 2. The molecule has 178 valence electrons. The van der Waals surface area contributed by atoms with Gasteiger partial charge in [0.1, 0.15) is 17.4 Å². The molecule has 3 amide bonds. The molecule has 0 radical (unpaired) electrons. The van der Waals surface area contributed by atoms with Crippen LogP contribution in [0.2, 0.25) is 0 Å². The molecule has 0 aromatic carbocycles. The van der Waals surface area contributed by atoms with Gasteiger partial charge >= 0.3 is 0 Å². The molecular weight excluding hydrogens is 420 g/mol. The highest BCUT2D eigenvalue weighted by molar-refractivity contribution is 5.98. The van der Waals surface area contributed by atoms with E-state index in [1.54, 1.807) is 18.1 Å². The van der Waals surface area contributed by atoms with Crippen LogP contribution in [0.5, 0.6) is 0 Å². The molecule has 0 bridgehead atoms. The van der Waals surface area contributed by atoms with Gasteiger partial charge < -0.3 is 25.0 Å². The van der Waals surface area contributed by atoms with Crippen molar-refractivity contribution in [3.05, 3.63) is 30.1 Å². The minimum Gasteiger partial charge on any atom is -0.343 e. The first-order valence-electron chi connectivity index (χ1n) is 11.9. The zero-order valence-corrected chi connectivity index (χ0v) is 19.5. The van der Waals surface area contributed by atoms with Crippen molar-refractivity contribution in [1.82, 2.24) is 30.0 Å². The van der Waals surface area contributed by atoms with Gasteiger partial charge in [-0.1, -0.05) is 19.3 Å². The fourth-order valence-electron chi connectivity index (χ4n) is 5.09. The molecule has 2 N–H and O–H groups in total. The lowest BCUT2D eigenvalue weighted by Crippen LogP contribution is -2.58. The summed E-state index contributed by atoms with van der Waals surface area (Å²) in [6, 6.07) is 5.19. The van der Waals surface area contributed by atoms with Gasteiger partial charge in [0.25, 0.3) is 5.91 Å². The highest BCUT2D eigenvalue weighted by Gasteiger charge is 2.35. The van der Waals surface area contributed by atoms with Crippen LogP contribution < -0.4 is 10.6 Å². The van der Waals surface area contributed by atoms with E-state index in [1.165, 1.54) is 6.42 Å². The van der Waals surface area contributed by atoms with Crippen LogP contribution in [0, 0.1) is 5.92 Å². The van der Waals surface area contributed by atoms with Gasteiger partial charge in [0, 0.05) is 44.8 Å². The molecule has 4 rings (SSSR count). The van der Waals surface area contributed by atoms with Crippen LogP contribution in [0.4, 0.5) is 0 Å². The van der Waals surface area contributed by atoms with Crippen molar-refractivity contribution in [3.8, 4) is 0 Å². The Morgan fingerprint density at radius 2 is 1.79 bits per heavy atom. The number of likely N-dealkylation sites (N-methyl/N-ethyl adjacent to an activating group) is 1. The van der Waals surface area contributed by atoms with Gasteiger partial charge in [0.2, 0.25) is 11.8 Å². The smallest absolute Gasteiger partial charge is 0.270 e. The van der Waals surface area contributed by atoms with Crippen molar-refractivity contribution in [1.29, 1.82) is 0 Å². The number of rotatable bonds is 6. The fourth-order valence-corrected chi connectivity index (χ4v) is 5.09. The van der Waals surface area contributed by atoms with Gasteiger partial charge in [-0.3, -0.25) is 14.4 Å². The van der Waals surface area contributed by atoms with Crippen LogP contribution >= 0.6 is 0 Å². The van der Waals surface area contributed by atoms with Crippen molar-refractivity contribution in [2.45, 2.75) is 38.1 Å². The standard InChI is InChI=1S/C24H34N6O3/c1-25-16-20(31)27-21(17-7-4-3-5-8-17)24(33)30-13-11-29(12-14-30)23(32)19-15-18-9-6-10-26-22(18)28(19)2/h6,9-10,15,17,21,25H,3-5,7-8,11-14,16H2,1-2H3,(H,27,31). The summed E-state index contributed by atoms with van der Waals surface area (Å²) in [6.45, 7) is 2.08. The lowest BCUT2D eigenvalue weighted by Gasteiger charge is -2.39. The third-order valence-electron chi connectivity index (χ3n) is 6.93. The number of nitrogens with zero attached hydrogens (tertiary/aromatic N) is 4. The Kier molecular flexibility index (Phi) is 7.27. The van der Waals surface area contributed by atoms with Crippen LogP contribution in [0.15, 0.2) is 24.4 Å². The SMILES string of the molecule is CNCC(=O)NC(C(=O)N1CCN(C(=O)c2cc3cccnc3n2C)CC1)C1CCCCC1. The highest BCUT2D eigenvalue weighted by Crippen LogP contribution is 2.28. The quantitative estimate of drug-likeness (QED) is 0.682. The minimum atomic E-state index is -0.488. The molecule has 1 unspecified atom stereocenters. The summed E-state index contributed by atoms with van der Waals surface area (Å²) in [5.41, 5.74) is 1.38. The third-order valence-corrected chi connectivity index (χ3v) is 6.93. The first kappa shape index (κ1) is 23.2. The number of aromatic nitrogens is 2. The van der Waals surface area contributed by atoms with Crippen molar-refractivity contribution in [2.75, 3.05) is 39.8 Å².